The van der Waals surface area contributed by atoms with Gasteiger partial charge in [-0.1, -0.05) is 27.5 Å². The average Bonchev–Trinajstić information content (AvgIpc) is 2.29. The van der Waals surface area contributed by atoms with Crippen molar-refractivity contribution in [2.24, 2.45) is 0 Å². The summed E-state index contributed by atoms with van der Waals surface area (Å²) in [6.07, 6.45) is 1.55. The van der Waals surface area contributed by atoms with Gasteiger partial charge in [-0.3, -0.25) is 0 Å². The third-order valence-electron chi connectivity index (χ3n) is 2.44. The van der Waals surface area contributed by atoms with Crippen LogP contribution < -0.4 is 9.64 Å². The summed E-state index contributed by atoms with van der Waals surface area (Å²) in [6, 6.07) is 0.316. The van der Waals surface area contributed by atoms with Gasteiger partial charge in [-0.05, 0) is 13.8 Å². The number of hydrogen-bond donors (Lipinski definition) is 0. The molecule has 4 nitrogen and oxygen atoms in total. The van der Waals surface area contributed by atoms with Gasteiger partial charge in [-0.15, -0.1) is 0 Å². The molecule has 1 heterocycles. The molecule has 0 saturated carbocycles. The molecule has 0 aliphatic rings. The van der Waals surface area contributed by atoms with Crippen molar-refractivity contribution in [3.8, 4) is 6.01 Å². The summed E-state index contributed by atoms with van der Waals surface area (Å²) in [5.41, 5.74) is -0.0942. The molecule has 1 aromatic heterocycles. The lowest BCUT2D eigenvalue weighted by Gasteiger charge is -2.35. The highest BCUT2D eigenvalue weighted by Crippen LogP contribution is 2.29. The summed E-state index contributed by atoms with van der Waals surface area (Å²) in [5, 5.41) is 1.32. The van der Waals surface area contributed by atoms with Crippen LogP contribution in [0.15, 0.2) is 6.20 Å². The Morgan fingerprint density at radius 2 is 2.19 bits per heavy atom. The monoisotopic (exact) mass is 307 g/mol. The Hall–Kier alpha value is -0.550. The Morgan fingerprint density at radius 3 is 2.69 bits per heavy atom. The molecular weight excluding hydrogens is 293 g/mol. The van der Waals surface area contributed by atoms with E-state index in [1.54, 1.807) is 6.20 Å². The zero-order valence-corrected chi connectivity index (χ0v) is 12.1. The SMILES string of the molecule is COc1ncc(Cl)c(N(C)C(C)(C)CBr)n1. The lowest BCUT2D eigenvalue weighted by molar-refractivity contribution is 0.379. The number of nitrogens with zero attached hydrogens (tertiary/aromatic N) is 3. The second-order valence-corrected chi connectivity index (χ2v) is 5.00. The number of halogens is 2. The van der Waals surface area contributed by atoms with Gasteiger partial charge >= 0.3 is 6.01 Å². The number of aromatic nitrogens is 2. The largest absolute Gasteiger partial charge is 0.467 e. The predicted octanol–water partition coefficient (Wildman–Crippen LogP) is 2.75. The molecule has 0 unspecified atom stereocenters. The Kier molecular flexibility index (Phi) is 4.38. The fourth-order valence-corrected chi connectivity index (χ4v) is 1.65. The first kappa shape index (κ1) is 13.5. The molecule has 90 valence electrons. The van der Waals surface area contributed by atoms with Crippen LogP contribution in [0.25, 0.3) is 0 Å². The van der Waals surface area contributed by atoms with Crippen LogP contribution in [0, 0.1) is 0 Å². The van der Waals surface area contributed by atoms with E-state index >= 15 is 0 Å². The van der Waals surface area contributed by atoms with Crippen LogP contribution in [0.1, 0.15) is 13.8 Å². The van der Waals surface area contributed by atoms with E-state index in [4.69, 9.17) is 16.3 Å². The first-order valence-corrected chi connectivity index (χ1v) is 6.28. The van der Waals surface area contributed by atoms with Gasteiger partial charge in [0.25, 0.3) is 0 Å². The predicted molar refractivity (Wildman–Crippen MR) is 69.9 cm³/mol. The Morgan fingerprint density at radius 1 is 1.56 bits per heavy atom. The molecule has 0 bridgehead atoms. The second-order valence-electron chi connectivity index (χ2n) is 4.03. The van der Waals surface area contributed by atoms with Crippen LogP contribution in [-0.4, -0.2) is 35.0 Å². The van der Waals surface area contributed by atoms with E-state index in [1.165, 1.54) is 7.11 Å². The van der Waals surface area contributed by atoms with Gasteiger partial charge in [-0.2, -0.15) is 4.98 Å². The maximum atomic E-state index is 6.07. The molecule has 0 saturated heterocycles. The molecule has 0 spiro atoms. The summed E-state index contributed by atoms with van der Waals surface area (Å²) >= 11 is 9.54. The minimum atomic E-state index is -0.0942. The van der Waals surface area contributed by atoms with Crippen molar-refractivity contribution < 1.29 is 4.74 Å². The number of rotatable bonds is 4. The molecule has 0 radical (unpaired) electrons. The maximum absolute atomic E-state index is 6.07. The van der Waals surface area contributed by atoms with Crippen molar-refractivity contribution in [3.63, 3.8) is 0 Å². The highest BCUT2D eigenvalue weighted by Gasteiger charge is 2.25. The number of ether oxygens (including phenoxy) is 1. The van der Waals surface area contributed by atoms with Gasteiger partial charge in [0, 0.05) is 17.9 Å². The molecule has 0 fully saturated rings. The van der Waals surface area contributed by atoms with E-state index in [1.807, 2.05) is 11.9 Å². The molecule has 6 heteroatoms. The van der Waals surface area contributed by atoms with Crippen LogP contribution in [0.2, 0.25) is 5.02 Å². The van der Waals surface area contributed by atoms with Crippen LogP contribution in [-0.2, 0) is 0 Å². The second kappa shape index (κ2) is 5.19. The lowest BCUT2D eigenvalue weighted by atomic mass is 10.1. The smallest absolute Gasteiger partial charge is 0.318 e. The lowest BCUT2D eigenvalue weighted by Crippen LogP contribution is -2.43. The molecular formula is C10H15BrClN3O. The highest BCUT2D eigenvalue weighted by atomic mass is 79.9. The van der Waals surface area contributed by atoms with Gasteiger partial charge in [-0.25, -0.2) is 4.98 Å². The summed E-state index contributed by atoms with van der Waals surface area (Å²) in [7, 11) is 3.47. The van der Waals surface area contributed by atoms with E-state index in [-0.39, 0.29) is 5.54 Å². The van der Waals surface area contributed by atoms with Gasteiger partial charge in [0.05, 0.1) is 13.3 Å². The molecule has 0 aliphatic heterocycles. The summed E-state index contributed by atoms with van der Waals surface area (Å²) in [5.74, 6) is 0.665. The minimum Gasteiger partial charge on any atom is -0.467 e. The van der Waals surface area contributed by atoms with Crippen LogP contribution in [0.4, 0.5) is 5.82 Å². The van der Waals surface area contributed by atoms with E-state index in [2.05, 4.69) is 39.7 Å². The normalized spacial score (nSPS) is 11.4. The van der Waals surface area contributed by atoms with Crippen molar-refractivity contribution in [3.05, 3.63) is 11.2 Å². The van der Waals surface area contributed by atoms with Crippen LogP contribution in [0.5, 0.6) is 6.01 Å². The third-order valence-corrected chi connectivity index (χ3v) is 4.08. The first-order chi connectivity index (χ1) is 7.42. The minimum absolute atomic E-state index is 0.0942. The standard InChI is InChI=1S/C10H15BrClN3O/c1-10(2,6-11)15(3)8-7(12)5-13-9(14-8)16-4/h5H,6H2,1-4H3. The van der Waals surface area contributed by atoms with Crippen molar-refractivity contribution in [1.29, 1.82) is 0 Å². The van der Waals surface area contributed by atoms with Gasteiger partial charge < -0.3 is 9.64 Å². The fourth-order valence-electron chi connectivity index (χ4n) is 1.05. The van der Waals surface area contributed by atoms with Crippen molar-refractivity contribution in [1.82, 2.24) is 9.97 Å². The van der Waals surface area contributed by atoms with Crippen molar-refractivity contribution >= 4 is 33.3 Å². The molecule has 0 amide bonds. The molecule has 1 rings (SSSR count). The summed E-state index contributed by atoms with van der Waals surface area (Å²) in [6.45, 7) is 4.18. The Labute approximate surface area is 109 Å². The Balaban J connectivity index is 3.11. The first-order valence-electron chi connectivity index (χ1n) is 4.78. The number of anilines is 1. The quantitative estimate of drug-likeness (QED) is 0.802. The summed E-state index contributed by atoms with van der Waals surface area (Å²) < 4.78 is 4.99. The molecule has 0 atom stereocenters. The molecule has 0 aliphatic carbocycles. The number of methoxy groups -OCH3 is 1. The van der Waals surface area contributed by atoms with E-state index in [0.29, 0.717) is 16.9 Å². The van der Waals surface area contributed by atoms with E-state index < -0.39 is 0 Å². The van der Waals surface area contributed by atoms with Crippen molar-refractivity contribution in [2.75, 3.05) is 24.4 Å². The van der Waals surface area contributed by atoms with E-state index in [0.717, 1.165) is 5.33 Å². The van der Waals surface area contributed by atoms with Gasteiger partial charge in [0.1, 0.15) is 5.02 Å². The molecule has 1 aromatic rings. The van der Waals surface area contributed by atoms with Gasteiger partial charge in [0.2, 0.25) is 0 Å². The average molecular weight is 309 g/mol. The Bertz CT molecular complexity index is 373. The highest BCUT2D eigenvalue weighted by molar-refractivity contribution is 9.09. The zero-order chi connectivity index (χ0) is 12.3. The third kappa shape index (κ3) is 2.77. The summed E-state index contributed by atoms with van der Waals surface area (Å²) in [4.78, 5) is 10.2. The maximum Gasteiger partial charge on any atom is 0.318 e. The number of hydrogen-bond acceptors (Lipinski definition) is 4. The molecule has 0 N–H and O–H groups in total. The topological polar surface area (TPSA) is 38.2 Å². The molecule has 0 aromatic carbocycles. The van der Waals surface area contributed by atoms with E-state index in [9.17, 15) is 0 Å². The van der Waals surface area contributed by atoms with Crippen LogP contribution >= 0.6 is 27.5 Å². The fraction of sp³-hybridized carbons (Fsp3) is 0.600. The van der Waals surface area contributed by atoms with Gasteiger partial charge in [0.15, 0.2) is 5.82 Å². The molecule has 16 heavy (non-hydrogen) atoms. The van der Waals surface area contributed by atoms with Crippen molar-refractivity contribution in [2.45, 2.75) is 19.4 Å². The number of alkyl halides is 1. The van der Waals surface area contributed by atoms with Crippen LogP contribution in [0.3, 0.4) is 0 Å². The zero-order valence-electron chi connectivity index (χ0n) is 9.79.